The number of rotatable bonds is 5. The average molecular weight is 279 g/mol. The van der Waals surface area contributed by atoms with Crippen LogP contribution in [0.4, 0.5) is 16.4 Å². The maximum Gasteiger partial charge on any atom is 0.320 e. The number of imidazole rings is 1. The average Bonchev–Trinajstić information content (AvgIpc) is 3.03. The Labute approximate surface area is 115 Å². The maximum atomic E-state index is 11.8. The molecule has 0 radical (unpaired) electrons. The quantitative estimate of drug-likeness (QED) is 0.447. The van der Waals surface area contributed by atoms with Gasteiger partial charge in [0.2, 0.25) is 0 Å². The van der Waals surface area contributed by atoms with Gasteiger partial charge in [-0.05, 0) is 6.92 Å². The van der Waals surface area contributed by atoms with E-state index in [-0.39, 0.29) is 6.61 Å². The second-order valence-corrected chi connectivity index (χ2v) is 4.37. The molecule has 2 aromatic rings. The van der Waals surface area contributed by atoms with E-state index in [1.165, 1.54) is 0 Å². The van der Waals surface area contributed by atoms with Crippen molar-refractivity contribution in [1.29, 1.82) is 0 Å². The normalized spacial score (nSPS) is 12.1. The van der Waals surface area contributed by atoms with E-state index in [9.17, 15) is 9.90 Å². The van der Waals surface area contributed by atoms with Gasteiger partial charge in [-0.15, -0.1) is 0 Å². The van der Waals surface area contributed by atoms with Crippen LogP contribution in [0.25, 0.3) is 0 Å². The summed E-state index contributed by atoms with van der Waals surface area (Å²) in [5.41, 5.74) is 7.08. The fraction of sp³-hybridized carbons (Fsp3) is 0.364. The highest BCUT2D eigenvalue weighted by Gasteiger charge is 2.15. The molecule has 9 heteroatoms. The molecule has 0 unspecified atom stereocenters. The Hall–Kier alpha value is -2.55. The van der Waals surface area contributed by atoms with Gasteiger partial charge in [0.25, 0.3) is 0 Å². The number of hydrogen-bond acceptors (Lipinski definition) is 5. The summed E-state index contributed by atoms with van der Waals surface area (Å²) in [6, 6.07) is -0.884. The van der Waals surface area contributed by atoms with Crippen molar-refractivity contribution in [2.45, 2.75) is 19.4 Å². The van der Waals surface area contributed by atoms with Gasteiger partial charge in [-0.25, -0.2) is 9.78 Å². The van der Waals surface area contributed by atoms with E-state index in [0.29, 0.717) is 23.6 Å². The monoisotopic (exact) mass is 279 g/mol. The molecular weight excluding hydrogens is 262 g/mol. The third-order valence-electron chi connectivity index (χ3n) is 2.86. The van der Waals surface area contributed by atoms with Gasteiger partial charge < -0.3 is 21.1 Å². The molecule has 0 bridgehead atoms. The molecule has 9 nitrogen and oxygen atoms in total. The fourth-order valence-electron chi connectivity index (χ4n) is 1.69. The van der Waals surface area contributed by atoms with Crippen molar-refractivity contribution in [3.8, 4) is 0 Å². The molecule has 0 aliphatic heterocycles. The molecule has 20 heavy (non-hydrogen) atoms. The number of carbonyl (C=O) groups is 1. The lowest BCUT2D eigenvalue weighted by Gasteiger charge is -2.15. The SMILES string of the molecule is Cc1c(NC(=O)N[C@H](CO)Cc2cnc[nH]2)n[nH]c1N. The van der Waals surface area contributed by atoms with Crippen LogP contribution < -0.4 is 16.4 Å². The highest BCUT2D eigenvalue weighted by molar-refractivity contribution is 5.89. The predicted octanol–water partition coefficient (Wildman–Crippen LogP) is -0.251. The minimum atomic E-state index is -0.460. The van der Waals surface area contributed by atoms with Crippen molar-refractivity contribution in [3.05, 3.63) is 23.8 Å². The van der Waals surface area contributed by atoms with Gasteiger partial charge in [0, 0.05) is 23.9 Å². The molecule has 0 saturated carbocycles. The Morgan fingerprint density at radius 3 is 2.95 bits per heavy atom. The van der Waals surface area contributed by atoms with Gasteiger partial charge in [0.15, 0.2) is 5.82 Å². The molecule has 108 valence electrons. The van der Waals surface area contributed by atoms with E-state index in [1.807, 2.05) is 0 Å². The number of amides is 2. The number of nitrogens with one attached hydrogen (secondary N) is 4. The van der Waals surface area contributed by atoms with Gasteiger partial charge in [0.05, 0.1) is 19.0 Å². The molecule has 2 heterocycles. The van der Waals surface area contributed by atoms with Crippen LogP contribution in [0.1, 0.15) is 11.3 Å². The standard InChI is InChI=1S/C11H17N7O2/c1-6-9(12)17-18-10(6)16-11(20)15-8(4-19)2-7-3-13-5-14-7/h3,5,8,19H,2,4H2,1H3,(H,13,14)(H5,12,15,16,17,18,20)/t8-/m0/s1. The summed E-state index contributed by atoms with van der Waals surface area (Å²) in [5, 5.41) is 20.9. The lowest BCUT2D eigenvalue weighted by Crippen LogP contribution is -2.41. The summed E-state index contributed by atoms with van der Waals surface area (Å²) >= 11 is 0. The Kier molecular flexibility index (Phi) is 4.20. The summed E-state index contributed by atoms with van der Waals surface area (Å²) in [6.45, 7) is 1.55. The molecule has 0 saturated heterocycles. The van der Waals surface area contributed by atoms with Crippen LogP contribution in [-0.4, -0.2) is 44.0 Å². The zero-order valence-electron chi connectivity index (χ0n) is 11.0. The molecule has 0 fully saturated rings. The highest BCUT2D eigenvalue weighted by Crippen LogP contribution is 2.15. The molecule has 0 aliphatic carbocycles. The van der Waals surface area contributed by atoms with Gasteiger partial charge in [-0.3, -0.25) is 10.4 Å². The van der Waals surface area contributed by atoms with Crippen molar-refractivity contribution < 1.29 is 9.90 Å². The molecule has 7 N–H and O–H groups in total. The number of H-pyrrole nitrogens is 2. The summed E-state index contributed by atoms with van der Waals surface area (Å²) in [7, 11) is 0. The third kappa shape index (κ3) is 3.26. The third-order valence-corrected chi connectivity index (χ3v) is 2.86. The number of nitrogen functional groups attached to an aromatic ring is 1. The van der Waals surface area contributed by atoms with Gasteiger partial charge in [0.1, 0.15) is 5.82 Å². The Bertz CT molecular complexity index is 563. The largest absolute Gasteiger partial charge is 0.394 e. The Balaban J connectivity index is 1.90. The topological polar surface area (TPSA) is 145 Å². The molecule has 2 amide bonds. The van der Waals surface area contributed by atoms with E-state index >= 15 is 0 Å². The van der Waals surface area contributed by atoms with Crippen molar-refractivity contribution in [2.24, 2.45) is 0 Å². The summed E-state index contributed by atoms with van der Waals surface area (Å²) < 4.78 is 0. The summed E-state index contributed by atoms with van der Waals surface area (Å²) in [5.74, 6) is 0.759. The van der Waals surface area contributed by atoms with Crippen LogP contribution in [0.5, 0.6) is 0 Å². The van der Waals surface area contributed by atoms with E-state index in [2.05, 4.69) is 30.8 Å². The second kappa shape index (κ2) is 6.06. The van der Waals surface area contributed by atoms with E-state index in [0.717, 1.165) is 5.69 Å². The number of anilines is 2. The van der Waals surface area contributed by atoms with Crippen molar-refractivity contribution in [1.82, 2.24) is 25.5 Å². The lowest BCUT2D eigenvalue weighted by molar-refractivity contribution is 0.223. The van der Waals surface area contributed by atoms with Crippen LogP contribution in [0, 0.1) is 6.92 Å². The van der Waals surface area contributed by atoms with Crippen LogP contribution >= 0.6 is 0 Å². The number of aromatic amines is 2. The molecule has 0 aliphatic rings. The fourth-order valence-corrected chi connectivity index (χ4v) is 1.69. The first-order valence-corrected chi connectivity index (χ1v) is 6.06. The number of nitrogens with zero attached hydrogens (tertiary/aromatic N) is 2. The van der Waals surface area contributed by atoms with E-state index < -0.39 is 12.1 Å². The molecular formula is C11H17N7O2. The molecule has 2 rings (SSSR count). The summed E-state index contributed by atoms with van der Waals surface area (Å²) in [6.07, 6.45) is 3.63. The van der Waals surface area contributed by atoms with Crippen molar-refractivity contribution in [3.63, 3.8) is 0 Å². The smallest absolute Gasteiger partial charge is 0.320 e. The molecule has 0 spiro atoms. The predicted molar refractivity (Wildman–Crippen MR) is 73.1 cm³/mol. The van der Waals surface area contributed by atoms with Gasteiger partial charge in [-0.2, -0.15) is 5.10 Å². The number of urea groups is 1. The number of aliphatic hydroxyl groups is 1. The van der Waals surface area contributed by atoms with Crippen LogP contribution in [0.2, 0.25) is 0 Å². The Morgan fingerprint density at radius 1 is 1.60 bits per heavy atom. The minimum absolute atomic E-state index is 0.186. The van der Waals surface area contributed by atoms with E-state index in [4.69, 9.17) is 5.73 Å². The zero-order valence-corrected chi connectivity index (χ0v) is 11.0. The van der Waals surface area contributed by atoms with Crippen LogP contribution in [0.15, 0.2) is 12.5 Å². The number of aliphatic hydroxyl groups excluding tert-OH is 1. The number of aromatic nitrogens is 4. The molecule has 2 aromatic heterocycles. The molecule has 1 atom stereocenters. The first kappa shape index (κ1) is 13.9. The zero-order chi connectivity index (χ0) is 14.5. The Morgan fingerprint density at radius 2 is 2.40 bits per heavy atom. The van der Waals surface area contributed by atoms with Gasteiger partial charge in [-0.1, -0.05) is 0 Å². The summed E-state index contributed by atoms with van der Waals surface area (Å²) in [4.78, 5) is 18.6. The van der Waals surface area contributed by atoms with Crippen molar-refractivity contribution in [2.75, 3.05) is 17.7 Å². The van der Waals surface area contributed by atoms with Crippen LogP contribution in [-0.2, 0) is 6.42 Å². The number of nitrogens with two attached hydrogens (primary N) is 1. The molecule has 0 aromatic carbocycles. The lowest BCUT2D eigenvalue weighted by atomic mass is 10.2. The highest BCUT2D eigenvalue weighted by atomic mass is 16.3. The van der Waals surface area contributed by atoms with E-state index in [1.54, 1.807) is 19.4 Å². The second-order valence-electron chi connectivity index (χ2n) is 4.37. The number of hydrogen-bond donors (Lipinski definition) is 6. The first-order valence-electron chi connectivity index (χ1n) is 6.06. The first-order chi connectivity index (χ1) is 9.60. The van der Waals surface area contributed by atoms with Crippen molar-refractivity contribution >= 4 is 17.7 Å². The number of carbonyl (C=O) groups excluding carboxylic acids is 1. The maximum absolute atomic E-state index is 11.8. The minimum Gasteiger partial charge on any atom is -0.394 e. The van der Waals surface area contributed by atoms with Gasteiger partial charge >= 0.3 is 6.03 Å². The van der Waals surface area contributed by atoms with Crippen LogP contribution in [0.3, 0.4) is 0 Å².